The van der Waals surface area contributed by atoms with Crippen molar-refractivity contribution >= 4 is 34.5 Å². The molecule has 2 amide bonds. The van der Waals surface area contributed by atoms with Crippen LogP contribution >= 0.6 is 0 Å². The number of hydrogen-bond acceptors (Lipinski definition) is 7. The van der Waals surface area contributed by atoms with Gasteiger partial charge in [-0.3, -0.25) is 19.7 Å². The van der Waals surface area contributed by atoms with Crippen LogP contribution in [0.1, 0.15) is 60.7 Å². The summed E-state index contributed by atoms with van der Waals surface area (Å²) in [5.41, 5.74) is 0.537. The first-order chi connectivity index (χ1) is 18.0. The minimum Gasteiger partial charge on any atom is -0.444 e. The average molecular weight is 522 g/mol. The van der Waals surface area contributed by atoms with E-state index in [1.54, 1.807) is 43.9 Å². The van der Waals surface area contributed by atoms with Crippen molar-refractivity contribution in [2.24, 2.45) is 0 Å². The van der Waals surface area contributed by atoms with Crippen molar-refractivity contribution in [2.75, 3.05) is 13.1 Å². The van der Waals surface area contributed by atoms with E-state index in [2.05, 4.69) is 28.1 Å². The lowest BCUT2D eigenvalue weighted by molar-refractivity contribution is -0.384. The number of non-ortho nitro benzene ring substituents is 1. The molecule has 1 aromatic heterocycles. The van der Waals surface area contributed by atoms with Crippen LogP contribution in [0.4, 0.5) is 10.5 Å². The lowest BCUT2D eigenvalue weighted by atomic mass is 10.1. The van der Waals surface area contributed by atoms with Crippen LogP contribution in [0, 0.1) is 23.0 Å². The highest BCUT2D eigenvalue weighted by atomic mass is 16.6. The van der Waals surface area contributed by atoms with Gasteiger partial charge in [0.05, 0.1) is 29.1 Å². The molecule has 3 aromatic rings. The van der Waals surface area contributed by atoms with Gasteiger partial charge in [0.1, 0.15) is 16.9 Å². The zero-order valence-corrected chi connectivity index (χ0v) is 21.8. The van der Waals surface area contributed by atoms with Gasteiger partial charge in [0, 0.05) is 24.2 Å². The van der Waals surface area contributed by atoms with E-state index >= 15 is 0 Å². The molecule has 2 N–H and O–H groups in total. The summed E-state index contributed by atoms with van der Waals surface area (Å²) in [6, 6.07) is 10.3. The van der Waals surface area contributed by atoms with E-state index in [1.165, 1.54) is 24.3 Å². The van der Waals surface area contributed by atoms with Crippen LogP contribution in [0.25, 0.3) is 11.0 Å². The molecule has 0 saturated carbocycles. The topological polar surface area (TPSA) is 148 Å². The highest BCUT2D eigenvalue weighted by Gasteiger charge is 2.23. The Morgan fingerprint density at radius 3 is 2.47 bits per heavy atom. The fraction of sp³-hybridized carbons (Fsp3) is 0.333. The van der Waals surface area contributed by atoms with Crippen molar-refractivity contribution in [1.82, 2.24) is 20.2 Å². The number of hydrogen-bond donors (Lipinski definition) is 2. The minimum absolute atomic E-state index is 0.128. The fourth-order valence-electron chi connectivity index (χ4n) is 3.50. The average Bonchev–Trinajstić information content (AvgIpc) is 3.29. The van der Waals surface area contributed by atoms with Crippen molar-refractivity contribution < 1.29 is 24.0 Å². The number of amides is 2. The number of H-pyrrole nitrogens is 1. The van der Waals surface area contributed by atoms with Gasteiger partial charge < -0.3 is 19.9 Å². The number of benzene rings is 2. The summed E-state index contributed by atoms with van der Waals surface area (Å²) in [6.07, 6.45) is 8.27. The van der Waals surface area contributed by atoms with Crippen LogP contribution in [-0.4, -0.2) is 56.3 Å². The standard InChI is InChI=1S/C25H29N5O6.C2H2/c1-5-12-29(24(33)36-25(2,3)4)15-21-27-19-11-7-10-18(22(19)28-21)23(32)26-14-20(31)16-8-6-9-17(13-16)30(34)35;1-2/h6-11,13H,5,12,14-15H2,1-4H3,(H,26,32)(H,27,28);1-2H. The van der Waals surface area contributed by atoms with E-state index in [1.807, 2.05) is 6.92 Å². The Morgan fingerprint density at radius 2 is 1.84 bits per heavy atom. The molecule has 0 fully saturated rings. The molecule has 11 heteroatoms. The number of nitro benzene ring substituents is 1. The van der Waals surface area contributed by atoms with E-state index in [-0.39, 0.29) is 29.9 Å². The van der Waals surface area contributed by atoms with Crippen molar-refractivity contribution in [3.8, 4) is 12.8 Å². The summed E-state index contributed by atoms with van der Waals surface area (Å²) in [5, 5.41) is 13.5. The van der Waals surface area contributed by atoms with Gasteiger partial charge in [-0.25, -0.2) is 9.78 Å². The SMILES string of the molecule is C#C.CCCN(Cc1nc2c(C(=O)NCC(=O)c3cccc([N+](=O)[O-])c3)cccc2[nH]1)C(=O)OC(C)(C)C. The lowest BCUT2D eigenvalue weighted by Gasteiger charge is -2.26. The van der Waals surface area contributed by atoms with Crippen LogP contribution in [0.2, 0.25) is 0 Å². The molecule has 38 heavy (non-hydrogen) atoms. The number of rotatable bonds is 9. The third kappa shape index (κ3) is 7.89. The number of Topliss-reactive ketones (excluding diaryl/α,β-unsaturated/α-hetero) is 1. The molecule has 0 atom stereocenters. The highest BCUT2D eigenvalue weighted by molar-refractivity contribution is 6.07. The first-order valence-corrected chi connectivity index (χ1v) is 11.8. The second-order valence-corrected chi connectivity index (χ2v) is 9.20. The molecule has 0 aliphatic carbocycles. The second kappa shape index (κ2) is 13.0. The van der Waals surface area contributed by atoms with Crippen LogP contribution < -0.4 is 5.32 Å². The summed E-state index contributed by atoms with van der Waals surface area (Å²) in [4.78, 5) is 57.5. The maximum atomic E-state index is 12.9. The summed E-state index contributed by atoms with van der Waals surface area (Å²) in [6.45, 7) is 7.65. The van der Waals surface area contributed by atoms with Crippen molar-refractivity contribution in [2.45, 2.75) is 46.3 Å². The van der Waals surface area contributed by atoms with Gasteiger partial charge in [-0.1, -0.05) is 25.1 Å². The zero-order valence-electron chi connectivity index (χ0n) is 21.8. The molecule has 0 saturated heterocycles. The largest absolute Gasteiger partial charge is 0.444 e. The Kier molecular flexibility index (Phi) is 10.1. The van der Waals surface area contributed by atoms with Gasteiger partial charge in [0.15, 0.2) is 5.78 Å². The Balaban J connectivity index is 0.00000247. The van der Waals surface area contributed by atoms with Gasteiger partial charge in [-0.2, -0.15) is 0 Å². The van der Waals surface area contributed by atoms with E-state index in [4.69, 9.17) is 4.74 Å². The lowest BCUT2D eigenvalue weighted by Crippen LogP contribution is -2.37. The molecule has 200 valence electrons. The number of nitrogens with one attached hydrogen (secondary N) is 2. The molecule has 0 aliphatic rings. The Morgan fingerprint density at radius 1 is 1.16 bits per heavy atom. The minimum atomic E-state index is -0.635. The smallest absolute Gasteiger partial charge is 0.410 e. The number of nitrogens with zero attached hydrogens (tertiary/aromatic N) is 3. The first-order valence-electron chi connectivity index (χ1n) is 11.8. The van der Waals surface area contributed by atoms with Gasteiger partial charge in [0.25, 0.3) is 11.6 Å². The number of ether oxygens (including phenoxy) is 1. The summed E-state index contributed by atoms with van der Waals surface area (Å²) < 4.78 is 5.48. The number of terminal acetylenes is 1. The Bertz CT molecular complexity index is 1340. The van der Waals surface area contributed by atoms with Crippen LogP contribution in [0.5, 0.6) is 0 Å². The predicted molar refractivity (Wildman–Crippen MR) is 143 cm³/mol. The Hall–Kier alpha value is -4.72. The number of carbonyl (C=O) groups excluding carboxylic acids is 3. The van der Waals surface area contributed by atoms with E-state index in [0.717, 1.165) is 6.42 Å². The normalized spacial score (nSPS) is 10.7. The maximum absolute atomic E-state index is 12.9. The summed E-state index contributed by atoms with van der Waals surface area (Å²) in [7, 11) is 0. The first kappa shape index (κ1) is 29.5. The van der Waals surface area contributed by atoms with Crippen molar-refractivity contribution in [1.29, 1.82) is 0 Å². The number of para-hydroxylation sites is 1. The molecule has 1 heterocycles. The molecule has 3 rings (SSSR count). The van der Waals surface area contributed by atoms with Crippen LogP contribution in [0.15, 0.2) is 42.5 Å². The monoisotopic (exact) mass is 521 g/mol. The number of nitro groups is 1. The van der Waals surface area contributed by atoms with Gasteiger partial charge in [-0.15, -0.1) is 12.8 Å². The fourth-order valence-corrected chi connectivity index (χ4v) is 3.50. The molecule has 0 spiro atoms. The Labute approximate surface area is 220 Å². The van der Waals surface area contributed by atoms with E-state index in [9.17, 15) is 24.5 Å². The van der Waals surface area contributed by atoms with Crippen molar-refractivity contribution in [3.63, 3.8) is 0 Å². The second-order valence-electron chi connectivity index (χ2n) is 9.20. The van der Waals surface area contributed by atoms with Gasteiger partial charge >= 0.3 is 6.09 Å². The van der Waals surface area contributed by atoms with E-state index in [0.29, 0.717) is 23.4 Å². The summed E-state index contributed by atoms with van der Waals surface area (Å²) >= 11 is 0. The predicted octanol–water partition coefficient (Wildman–Crippen LogP) is 4.48. The number of imidazole rings is 1. The van der Waals surface area contributed by atoms with Crippen LogP contribution in [0.3, 0.4) is 0 Å². The quantitative estimate of drug-likeness (QED) is 0.183. The summed E-state index contributed by atoms with van der Waals surface area (Å²) in [5.74, 6) is -0.498. The zero-order chi connectivity index (χ0) is 28.5. The molecule has 11 nitrogen and oxygen atoms in total. The molecule has 2 aromatic carbocycles. The van der Waals surface area contributed by atoms with Crippen LogP contribution in [-0.2, 0) is 11.3 Å². The van der Waals surface area contributed by atoms with Gasteiger partial charge in [0.2, 0.25) is 0 Å². The maximum Gasteiger partial charge on any atom is 0.410 e. The number of fused-ring (bicyclic) bond motifs is 1. The number of ketones is 1. The molecule has 0 unspecified atom stereocenters. The molecule has 0 bridgehead atoms. The third-order valence-corrected chi connectivity index (χ3v) is 5.08. The number of aromatic amines is 1. The molecule has 0 aliphatic heterocycles. The van der Waals surface area contributed by atoms with Gasteiger partial charge in [-0.05, 0) is 39.3 Å². The molecule has 0 radical (unpaired) electrons. The van der Waals surface area contributed by atoms with E-state index < -0.39 is 28.3 Å². The third-order valence-electron chi connectivity index (χ3n) is 5.08. The molecular formula is C27H31N5O6. The number of carbonyl (C=O) groups is 3. The molecular weight excluding hydrogens is 490 g/mol. The highest BCUT2D eigenvalue weighted by Crippen LogP contribution is 2.19. The number of aromatic nitrogens is 2. The van der Waals surface area contributed by atoms with Crippen molar-refractivity contribution in [3.05, 3.63) is 69.5 Å².